The molecule has 0 saturated heterocycles. The average molecular weight is 427 g/mol. The second kappa shape index (κ2) is 9.39. The van der Waals surface area contributed by atoms with Crippen LogP contribution in [0.2, 0.25) is 0 Å². The summed E-state index contributed by atoms with van der Waals surface area (Å²) in [5, 5.41) is 20.5. The lowest BCUT2D eigenvalue weighted by Crippen LogP contribution is -2.37. The number of aliphatic hydroxyl groups is 2. The Hall–Kier alpha value is -0.120. The van der Waals surface area contributed by atoms with E-state index in [0.717, 1.165) is 18.4 Å². The van der Waals surface area contributed by atoms with Crippen LogP contribution in [-0.4, -0.2) is 22.9 Å². The Morgan fingerprint density at radius 1 is 1.31 bits per heavy atom. The van der Waals surface area contributed by atoms with Gasteiger partial charge in [0.1, 0.15) is 0 Å². The van der Waals surface area contributed by atoms with Gasteiger partial charge < -0.3 is 10.2 Å². The van der Waals surface area contributed by atoms with Crippen molar-refractivity contribution in [1.82, 2.24) is 0 Å². The van der Waals surface area contributed by atoms with Gasteiger partial charge in [0, 0.05) is 5.92 Å². The normalized spacial score (nSPS) is 33.9. The van der Waals surface area contributed by atoms with Gasteiger partial charge in [-0.1, -0.05) is 55.8 Å². The number of hydrogen-bond donors (Lipinski definition) is 2. The van der Waals surface area contributed by atoms with Crippen molar-refractivity contribution >= 4 is 15.9 Å². The fraction of sp³-hybridized carbons (Fsp3) is 0.826. The van der Waals surface area contributed by atoms with E-state index in [1.54, 1.807) is 5.57 Å². The highest BCUT2D eigenvalue weighted by Crippen LogP contribution is 2.60. The number of fused-ring (bicyclic) bond motifs is 1. The van der Waals surface area contributed by atoms with Crippen LogP contribution in [0.4, 0.5) is 0 Å². The molecule has 2 N–H and O–H groups in total. The molecule has 0 spiro atoms. The Labute approximate surface area is 169 Å². The van der Waals surface area contributed by atoms with Gasteiger partial charge in [0.25, 0.3) is 0 Å². The summed E-state index contributed by atoms with van der Waals surface area (Å²) in [6.07, 6.45) is 7.71. The molecule has 26 heavy (non-hydrogen) atoms. The molecule has 150 valence electrons. The molecule has 2 rings (SSSR count). The zero-order valence-electron chi connectivity index (χ0n) is 17.2. The minimum atomic E-state index is -0.399. The highest BCUT2D eigenvalue weighted by Gasteiger charge is 2.50. The van der Waals surface area contributed by atoms with Gasteiger partial charge in [-0.25, -0.2) is 0 Å². The second-order valence-corrected chi connectivity index (χ2v) is 10.1. The van der Waals surface area contributed by atoms with Crippen molar-refractivity contribution in [2.24, 2.45) is 35.0 Å². The van der Waals surface area contributed by atoms with Crippen molar-refractivity contribution < 1.29 is 10.2 Å². The third kappa shape index (κ3) is 4.64. The summed E-state index contributed by atoms with van der Waals surface area (Å²) in [4.78, 5) is 2.18. The summed E-state index contributed by atoms with van der Waals surface area (Å²) in [6, 6.07) is 0. The molecule has 3 heteroatoms. The first-order chi connectivity index (χ1) is 12.2. The molecule has 0 aromatic carbocycles. The lowest BCUT2D eigenvalue weighted by molar-refractivity contribution is 0.0409. The van der Waals surface area contributed by atoms with E-state index in [1.165, 1.54) is 32.1 Å². The van der Waals surface area contributed by atoms with Gasteiger partial charge in [-0.2, -0.15) is 0 Å². The van der Waals surface area contributed by atoms with E-state index in [-0.39, 0.29) is 12.5 Å². The van der Waals surface area contributed by atoms with Crippen LogP contribution in [0.25, 0.3) is 0 Å². The van der Waals surface area contributed by atoms with Crippen LogP contribution >= 0.6 is 15.9 Å². The zero-order chi connectivity index (χ0) is 19.5. The van der Waals surface area contributed by atoms with Crippen molar-refractivity contribution in [2.75, 3.05) is 6.61 Å². The first-order valence-electron chi connectivity index (χ1n) is 10.5. The minimum Gasteiger partial charge on any atom is -0.392 e. The number of aliphatic hydroxyl groups excluding tert-OH is 2. The molecule has 0 radical (unpaired) electrons. The van der Waals surface area contributed by atoms with E-state index in [2.05, 4.69) is 55.2 Å². The molecule has 2 nitrogen and oxygen atoms in total. The first-order valence-corrected chi connectivity index (χ1v) is 11.4. The van der Waals surface area contributed by atoms with Crippen molar-refractivity contribution in [3.05, 3.63) is 22.7 Å². The fourth-order valence-corrected chi connectivity index (χ4v) is 6.62. The average Bonchev–Trinajstić information content (AvgIpc) is 2.95. The van der Waals surface area contributed by atoms with Crippen LogP contribution in [0.15, 0.2) is 22.7 Å². The van der Waals surface area contributed by atoms with Gasteiger partial charge in [0.2, 0.25) is 0 Å². The van der Waals surface area contributed by atoms with Crippen LogP contribution in [0.5, 0.6) is 0 Å². The van der Waals surface area contributed by atoms with E-state index in [0.29, 0.717) is 29.1 Å². The summed E-state index contributed by atoms with van der Waals surface area (Å²) in [5.41, 5.74) is 2.76. The molecular formula is C23H39BrO2. The maximum Gasteiger partial charge on any atom is 0.0642 e. The fourth-order valence-electron chi connectivity index (χ4n) is 6.08. The maximum absolute atomic E-state index is 11.0. The molecule has 0 aromatic rings. The Balaban J connectivity index is 2.08. The Bertz CT molecular complexity index is 512. The smallest absolute Gasteiger partial charge is 0.0642 e. The van der Waals surface area contributed by atoms with E-state index in [4.69, 9.17) is 0 Å². The molecule has 2 fully saturated rings. The molecule has 2 aliphatic rings. The lowest BCUT2D eigenvalue weighted by atomic mass is 9.61. The predicted octanol–water partition coefficient (Wildman–Crippen LogP) is 6.08. The number of hydrogen-bond acceptors (Lipinski definition) is 2. The summed E-state index contributed by atoms with van der Waals surface area (Å²) in [5.74, 6) is 2.38. The Morgan fingerprint density at radius 2 is 2.00 bits per heavy atom. The number of rotatable bonds is 8. The van der Waals surface area contributed by atoms with Gasteiger partial charge in [0.15, 0.2) is 0 Å². The quantitative estimate of drug-likeness (QED) is 0.461. The molecule has 0 aliphatic heterocycles. The molecule has 2 aliphatic carbocycles. The van der Waals surface area contributed by atoms with Crippen LogP contribution in [-0.2, 0) is 0 Å². The molecule has 6 atom stereocenters. The van der Waals surface area contributed by atoms with Crippen molar-refractivity contribution in [2.45, 2.75) is 78.7 Å². The molecular weight excluding hydrogens is 388 g/mol. The van der Waals surface area contributed by atoms with Crippen LogP contribution < -0.4 is 0 Å². The van der Waals surface area contributed by atoms with Gasteiger partial charge in [0.05, 0.1) is 12.7 Å². The summed E-state index contributed by atoms with van der Waals surface area (Å²) >= 11 is 3.60. The molecule has 0 unspecified atom stereocenters. The molecule has 2 saturated carbocycles. The third-order valence-corrected chi connectivity index (χ3v) is 7.98. The van der Waals surface area contributed by atoms with Crippen LogP contribution in [0.1, 0.15) is 72.6 Å². The largest absolute Gasteiger partial charge is 0.392 e. The standard InChI is InChI=1S/C23H39BrO2/c1-15(2)11-19(17(4)14-25)22(26)12-16(3)20-8-9-21-18(13-24)7-6-10-23(20,21)5/h13,15-16,19-22,25-26H,4,6-12,14H2,1-3,5H3/b18-13+/t16-,19-,20-,21+,22-,23-/m1/s1. The highest BCUT2D eigenvalue weighted by atomic mass is 79.9. The molecule has 0 heterocycles. The Kier molecular flexibility index (Phi) is 8.00. The predicted molar refractivity (Wildman–Crippen MR) is 114 cm³/mol. The SMILES string of the molecule is C=C(CO)[C@@H](CC(C)C)[C@H](O)C[C@@H](C)[C@H]1CC[C@H]2/C(=C/Br)CCC[C@]12C. The monoisotopic (exact) mass is 426 g/mol. The summed E-state index contributed by atoms with van der Waals surface area (Å²) < 4.78 is 0. The van der Waals surface area contributed by atoms with Crippen LogP contribution in [0, 0.1) is 35.0 Å². The summed E-state index contributed by atoms with van der Waals surface area (Å²) in [7, 11) is 0. The number of allylic oxidation sites excluding steroid dienone is 1. The lowest BCUT2D eigenvalue weighted by Gasteiger charge is -2.45. The van der Waals surface area contributed by atoms with E-state index in [1.807, 2.05) is 0 Å². The van der Waals surface area contributed by atoms with E-state index < -0.39 is 6.10 Å². The van der Waals surface area contributed by atoms with Gasteiger partial charge in [-0.3, -0.25) is 0 Å². The maximum atomic E-state index is 11.0. The van der Waals surface area contributed by atoms with Gasteiger partial charge >= 0.3 is 0 Å². The van der Waals surface area contributed by atoms with Crippen LogP contribution in [0.3, 0.4) is 0 Å². The molecule has 0 bridgehead atoms. The first kappa shape index (κ1) is 22.2. The number of halogens is 1. The second-order valence-electron chi connectivity index (χ2n) is 9.61. The molecule has 0 amide bonds. The minimum absolute atomic E-state index is 0.0109. The van der Waals surface area contributed by atoms with E-state index >= 15 is 0 Å². The zero-order valence-corrected chi connectivity index (χ0v) is 18.8. The van der Waals surface area contributed by atoms with E-state index in [9.17, 15) is 10.2 Å². The summed E-state index contributed by atoms with van der Waals surface area (Å²) in [6.45, 7) is 13.2. The Morgan fingerprint density at radius 3 is 2.58 bits per heavy atom. The topological polar surface area (TPSA) is 40.5 Å². The van der Waals surface area contributed by atoms with Gasteiger partial charge in [-0.15, -0.1) is 0 Å². The third-order valence-electron chi connectivity index (χ3n) is 7.40. The van der Waals surface area contributed by atoms with Crippen molar-refractivity contribution in [3.63, 3.8) is 0 Å². The molecule has 0 aromatic heterocycles. The van der Waals surface area contributed by atoms with Gasteiger partial charge in [-0.05, 0) is 84.6 Å². The van der Waals surface area contributed by atoms with Crippen molar-refractivity contribution in [1.29, 1.82) is 0 Å². The highest BCUT2D eigenvalue weighted by molar-refractivity contribution is 9.11. The van der Waals surface area contributed by atoms with Crippen molar-refractivity contribution in [3.8, 4) is 0 Å².